The van der Waals surface area contributed by atoms with Crippen LogP contribution in [0.3, 0.4) is 0 Å². The van der Waals surface area contributed by atoms with Crippen LogP contribution >= 0.6 is 0 Å². The third-order valence-corrected chi connectivity index (χ3v) is 3.60. The van der Waals surface area contributed by atoms with E-state index in [4.69, 9.17) is 4.74 Å². The van der Waals surface area contributed by atoms with Gasteiger partial charge in [0.25, 0.3) is 0 Å². The van der Waals surface area contributed by atoms with Gasteiger partial charge in [-0.25, -0.2) is 0 Å². The number of aliphatic hydroxyl groups is 1. The maximum Gasteiger partial charge on any atom is 0.119 e. The topological polar surface area (TPSA) is 32.7 Å². The molecule has 1 unspecified atom stereocenters. The second kappa shape index (κ2) is 8.57. The Morgan fingerprint density at radius 1 is 1.05 bits per heavy atom. The number of hydrogen-bond acceptors (Lipinski definition) is 3. The molecule has 0 bridgehead atoms. The summed E-state index contributed by atoms with van der Waals surface area (Å²) >= 11 is 0. The summed E-state index contributed by atoms with van der Waals surface area (Å²) in [4.78, 5) is 2.10. The molecule has 1 N–H and O–H groups in total. The smallest absolute Gasteiger partial charge is 0.119 e. The highest BCUT2D eigenvalue weighted by atomic mass is 16.5. The van der Waals surface area contributed by atoms with Gasteiger partial charge in [-0.1, -0.05) is 48.0 Å². The molecule has 0 heterocycles. The van der Waals surface area contributed by atoms with Gasteiger partial charge in [-0.3, -0.25) is 0 Å². The van der Waals surface area contributed by atoms with Gasteiger partial charge in [0.1, 0.15) is 12.4 Å². The molecule has 0 amide bonds. The molecule has 2 aromatic rings. The zero-order chi connectivity index (χ0) is 15.8. The predicted octanol–water partition coefficient (Wildman–Crippen LogP) is 2.91. The SMILES string of the molecule is Cc1ccc(OCCN(C)CC(O)Cc2ccccc2)cc1. The zero-order valence-electron chi connectivity index (χ0n) is 13.4. The van der Waals surface area contributed by atoms with Crippen LogP contribution in [0.5, 0.6) is 5.75 Å². The van der Waals surface area contributed by atoms with Crippen molar-refractivity contribution in [1.29, 1.82) is 0 Å². The summed E-state index contributed by atoms with van der Waals surface area (Å²) < 4.78 is 5.71. The van der Waals surface area contributed by atoms with Crippen molar-refractivity contribution in [2.45, 2.75) is 19.4 Å². The molecule has 0 fully saturated rings. The number of rotatable bonds is 8. The number of benzene rings is 2. The van der Waals surface area contributed by atoms with E-state index in [0.717, 1.165) is 12.3 Å². The van der Waals surface area contributed by atoms with E-state index in [-0.39, 0.29) is 6.10 Å². The predicted molar refractivity (Wildman–Crippen MR) is 90.3 cm³/mol. The molecule has 0 saturated heterocycles. The fourth-order valence-corrected chi connectivity index (χ4v) is 2.36. The second-order valence-electron chi connectivity index (χ2n) is 5.77. The molecule has 0 saturated carbocycles. The van der Waals surface area contributed by atoms with Gasteiger partial charge < -0.3 is 14.7 Å². The highest BCUT2D eigenvalue weighted by Gasteiger charge is 2.09. The van der Waals surface area contributed by atoms with E-state index in [0.29, 0.717) is 19.6 Å². The summed E-state index contributed by atoms with van der Waals surface area (Å²) in [5.41, 5.74) is 2.40. The highest BCUT2D eigenvalue weighted by Crippen LogP contribution is 2.11. The molecular weight excluding hydrogens is 274 g/mol. The van der Waals surface area contributed by atoms with Crippen LogP contribution < -0.4 is 4.74 Å². The first kappa shape index (κ1) is 16.5. The molecule has 1 atom stereocenters. The van der Waals surface area contributed by atoms with E-state index in [1.165, 1.54) is 11.1 Å². The lowest BCUT2D eigenvalue weighted by Gasteiger charge is -2.20. The van der Waals surface area contributed by atoms with Gasteiger partial charge >= 0.3 is 0 Å². The molecule has 118 valence electrons. The van der Waals surface area contributed by atoms with Crippen LogP contribution in [0.1, 0.15) is 11.1 Å². The average Bonchev–Trinajstić information content (AvgIpc) is 2.50. The summed E-state index contributed by atoms with van der Waals surface area (Å²) in [5.74, 6) is 0.892. The van der Waals surface area contributed by atoms with Crippen molar-refractivity contribution in [1.82, 2.24) is 4.90 Å². The lowest BCUT2D eigenvalue weighted by Crippen LogP contribution is -2.33. The van der Waals surface area contributed by atoms with Gasteiger partial charge in [0.15, 0.2) is 0 Å². The maximum atomic E-state index is 10.1. The van der Waals surface area contributed by atoms with E-state index in [1.54, 1.807) is 0 Å². The van der Waals surface area contributed by atoms with Crippen molar-refractivity contribution in [3.05, 3.63) is 65.7 Å². The normalized spacial score (nSPS) is 12.4. The van der Waals surface area contributed by atoms with E-state index in [9.17, 15) is 5.11 Å². The first-order chi connectivity index (χ1) is 10.6. The minimum absolute atomic E-state index is 0.355. The molecule has 2 rings (SSSR count). The second-order valence-corrected chi connectivity index (χ2v) is 5.77. The highest BCUT2D eigenvalue weighted by molar-refractivity contribution is 5.26. The van der Waals surface area contributed by atoms with Gasteiger partial charge in [-0.15, -0.1) is 0 Å². The van der Waals surface area contributed by atoms with Gasteiger partial charge in [-0.05, 0) is 38.1 Å². The molecule has 0 spiro atoms. The van der Waals surface area contributed by atoms with E-state index >= 15 is 0 Å². The summed E-state index contributed by atoms with van der Waals surface area (Å²) in [7, 11) is 2.01. The van der Waals surface area contributed by atoms with Crippen molar-refractivity contribution in [2.24, 2.45) is 0 Å². The number of aliphatic hydroxyl groups excluding tert-OH is 1. The standard InChI is InChI=1S/C19H25NO2/c1-16-8-10-19(11-9-16)22-13-12-20(2)15-18(21)14-17-6-4-3-5-7-17/h3-11,18,21H,12-15H2,1-2H3. The Kier molecular flexibility index (Phi) is 6.44. The molecule has 3 nitrogen and oxygen atoms in total. The van der Waals surface area contributed by atoms with Crippen LogP contribution in [-0.4, -0.2) is 42.9 Å². The van der Waals surface area contributed by atoms with Crippen LogP contribution in [0.15, 0.2) is 54.6 Å². The van der Waals surface area contributed by atoms with Crippen LogP contribution in [0.25, 0.3) is 0 Å². The first-order valence-electron chi connectivity index (χ1n) is 7.73. The van der Waals surface area contributed by atoms with Crippen LogP contribution in [0.2, 0.25) is 0 Å². The molecular formula is C19H25NO2. The van der Waals surface area contributed by atoms with E-state index < -0.39 is 0 Å². The van der Waals surface area contributed by atoms with Crippen molar-refractivity contribution in [3.8, 4) is 5.75 Å². The van der Waals surface area contributed by atoms with Crippen LogP contribution in [-0.2, 0) is 6.42 Å². The summed E-state index contributed by atoms with van der Waals surface area (Å²) in [6, 6.07) is 18.1. The third-order valence-electron chi connectivity index (χ3n) is 3.60. The quantitative estimate of drug-likeness (QED) is 0.813. The molecule has 0 aliphatic carbocycles. The lowest BCUT2D eigenvalue weighted by molar-refractivity contribution is 0.117. The Morgan fingerprint density at radius 2 is 1.73 bits per heavy atom. The molecule has 2 aromatic carbocycles. The summed E-state index contributed by atoms with van der Waals surface area (Å²) in [6.07, 6.45) is 0.330. The zero-order valence-corrected chi connectivity index (χ0v) is 13.4. The number of ether oxygens (including phenoxy) is 1. The van der Waals surface area contributed by atoms with E-state index in [1.807, 2.05) is 61.6 Å². The Bertz CT molecular complexity index is 539. The molecule has 0 radical (unpaired) electrons. The molecule has 0 aliphatic rings. The monoisotopic (exact) mass is 299 g/mol. The molecule has 0 aromatic heterocycles. The van der Waals surface area contributed by atoms with Crippen LogP contribution in [0, 0.1) is 6.92 Å². The fraction of sp³-hybridized carbons (Fsp3) is 0.368. The largest absolute Gasteiger partial charge is 0.492 e. The van der Waals surface area contributed by atoms with Gasteiger partial charge in [0, 0.05) is 13.1 Å². The minimum Gasteiger partial charge on any atom is -0.492 e. The van der Waals surface area contributed by atoms with Gasteiger partial charge in [0.05, 0.1) is 6.10 Å². The summed E-state index contributed by atoms with van der Waals surface area (Å²) in [5, 5.41) is 10.1. The number of aryl methyl sites for hydroxylation is 1. The van der Waals surface area contributed by atoms with Gasteiger partial charge in [-0.2, -0.15) is 0 Å². The number of nitrogens with zero attached hydrogens (tertiary/aromatic N) is 1. The van der Waals surface area contributed by atoms with Crippen molar-refractivity contribution in [2.75, 3.05) is 26.7 Å². The number of hydrogen-bond donors (Lipinski definition) is 1. The average molecular weight is 299 g/mol. The minimum atomic E-state index is -0.355. The lowest BCUT2D eigenvalue weighted by atomic mass is 10.1. The van der Waals surface area contributed by atoms with Crippen molar-refractivity contribution < 1.29 is 9.84 Å². The fourth-order valence-electron chi connectivity index (χ4n) is 2.36. The van der Waals surface area contributed by atoms with E-state index in [2.05, 4.69) is 11.8 Å². The molecule has 22 heavy (non-hydrogen) atoms. The van der Waals surface area contributed by atoms with Crippen LogP contribution in [0.4, 0.5) is 0 Å². The van der Waals surface area contributed by atoms with Crippen molar-refractivity contribution >= 4 is 0 Å². The Morgan fingerprint density at radius 3 is 2.41 bits per heavy atom. The Labute approximate surface area is 133 Å². The Hall–Kier alpha value is -1.84. The first-order valence-corrected chi connectivity index (χ1v) is 7.73. The Balaban J connectivity index is 1.66. The third kappa shape index (κ3) is 5.88. The molecule has 0 aliphatic heterocycles. The summed E-state index contributed by atoms with van der Waals surface area (Å²) in [6.45, 7) is 4.12. The molecule has 3 heteroatoms. The maximum absolute atomic E-state index is 10.1. The van der Waals surface area contributed by atoms with Gasteiger partial charge in [0.2, 0.25) is 0 Å². The number of likely N-dealkylation sites (N-methyl/N-ethyl adjacent to an activating group) is 1. The van der Waals surface area contributed by atoms with Crippen molar-refractivity contribution in [3.63, 3.8) is 0 Å².